The minimum atomic E-state index is -3.33. The number of sulfone groups is 1. The molecule has 1 aromatic carbocycles. The molecule has 0 aliphatic carbocycles. The number of hydrogen-bond donors (Lipinski definition) is 1. The van der Waals surface area contributed by atoms with Gasteiger partial charge in [0.1, 0.15) is 5.52 Å². The third kappa shape index (κ3) is 2.51. The molecule has 2 heterocycles. The van der Waals surface area contributed by atoms with Gasteiger partial charge in [0.05, 0.1) is 16.5 Å². The number of benzene rings is 1. The summed E-state index contributed by atoms with van der Waals surface area (Å²) < 4.78 is 31.2. The number of nitrogens with zero attached hydrogens (tertiary/aromatic N) is 2. The number of para-hydroxylation sites is 1. The van der Waals surface area contributed by atoms with Crippen LogP contribution < -0.4 is 5.73 Å². The Labute approximate surface area is 123 Å². The summed E-state index contributed by atoms with van der Waals surface area (Å²) in [5.74, 6) is 0.715. The van der Waals surface area contributed by atoms with Crippen molar-refractivity contribution in [1.82, 2.24) is 9.55 Å². The van der Waals surface area contributed by atoms with E-state index in [2.05, 4.69) is 11.9 Å². The van der Waals surface area contributed by atoms with Gasteiger partial charge in [0.2, 0.25) is 5.95 Å². The summed E-state index contributed by atoms with van der Waals surface area (Å²) >= 11 is 0. The molecule has 2 N–H and O–H groups in total. The minimum absolute atomic E-state index is 0.181. The summed E-state index contributed by atoms with van der Waals surface area (Å²) in [5.41, 5.74) is 7.21. The first-order valence-corrected chi connectivity index (χ1v) is 8.83. The number of anilines is 1. The Balaban J connectivity index is 2.10. The first-order valence-electron chi connectivity index (χ1n) is 6.94. The zero-order valence-electron chi connectivity index (χ0n) is 12.1. The maximum Gasteiger partial charge on any atom is 0.201 e. The number of hydrogen-bond acceptors (Lipinski definition) is 5. The molecule has 0 spiro atoms. The predicted molar refractivity (Wildman–Crippen MR) is 80.8 cm³/mol. The van der Waals surface area contributed by atoms with Gasteiger partial charge in [-0.15, -0.1) is 0 Å². The molecule has 0 bridgehead atoms. The first kappa shape index (κ1) is 14.3. The molecule has 0 radical (unpaired) electrons. The van der Waals surface area contributed by atoms with Crippen molar-refractivity contribution in [3.05, 3.63) is 18.2 Å². The van der Waals surface area contributed by atoms with Crippen LogP contribution in [0.2, 0.25) is 0 Å². The second-order valence-electron chi connectivity index (χ2n) is 5.60. The Hall–Kier alpha value is -1.60. The molecule has 21 heavy (non-hydrogen) atoms. The van der Waals surface area contributed by atoms with Crippen molar-refractivity contribution in [3.63, 3.8) is 0 Å². The lowest BCUT2D eigenvalue weighted by Crippen LogP contribution is -2.19. The zero-order valence-corrected chi connectivity index (χ0v) is 12.9. The number of rotatable bonds is 3. The van der Waals surface area contributed by atoms with Crippen LogP contribution in [-0.2, 0) is 21.1 Å². The Morgan fingerprint density at radius 3 is 2.86 bits per heavy atom. The number of nitrogen functional groups attached to an aromatic ring is 1. The molecule has 114 valence electrons. The molecule has 1 saturated heterocycles. The van der Waals surface area contributed by atoms with Gasteiger partial charge < -0.3 is 15.0 Å². The van der Waals surface area contributed by atoms with Gasteiger partial charge in [-0.05, 0) is 25.5 Å². The summed E-state index contributed by atoms with van der Waals surface area (Å²) in [6.45, 7) is 3.50. The Morgan fingerprint density at radius 2 is 2.24 bits per heavy atom. The minimum Gasteiger partial charge on any atom is -0.378 e. The highest BCUT2D eigenvalue weighted by molar-refractivity contribution is 7.91. The smallest absolute Gasteiger partial charge is 0.201 e. The van der Waals surface area contributed by atoms with E-state index in [0.29, 0.717) is 23.9 Å². The van der Waals surface area contributed by atoms with Crippen molar-refractivity contribution in [1.29, 1.82) is 0 Å². The molecule has 2 atom stereocenters. The highest BCUT2D eigenvalue weighted by Crippen LogP contribution is 2.29. The molecule has 1 fully saturated rings. The Bertz CT molecular complexity index is 782. The molecule has 6 nitrogen and oxygen atoms in total. The van der Waals surface area contributed by atoms with E-state index >= 15 is 0 Å². The topological polar surface area (TPSA) is 87.2 Å². The average molecular weight is 309 g/mol. The van der Waals surface area contributed by atoms with Crippen molar-refractivity contribution >= 4 is 26.8 Å². The van der Waals surface area contributed by atoms with Gasteiger partial charge in [0.25, 0.3) is 0 Å². The first-order chi connectivity index (χ1) is 9.88. The number of imidazole rings is 1. The third-order valence-electron chi connectivity index (χ3n) is 4.12. The van der Waals surface area contributed by atoms with Gasteiger partial charge in [-0.3, -0.25) is 0 Å². The fourth-order valence-electron chi connectivity index (χ4n) is 2.88. The number of nitrogens with two attached hydrogens (primary N) is 1. The maximum atomic E-state index is 11.9. The van der Waals surface area contributed by atoms with Gasteiger partial charge in [-0.2, -0.15) is 0 Å². The second kappa shape index (κ2) is 4.99. The van der Waals surface area contributed by atoms with E-state index in [0.717, 1.165) is 18.5 Å². The van der Waals surface area contributed by atoms with E-state index in [9.17, 15) is 8.42 Å². The molecule has 2 unspecified atom stereocenters. The van der Waals surface area contributed by atoms with Crippen LogP contribution in [0.4, 0.5) is 5.95 Å². The lowest BCUT2D eigenvalue weighted by molar-refractivity contribution is 0.102. The molecule has 2 aromatic rings. The fraction of sp³-hybridized carbons (Fsp3) is 0.500. The summed E-state index contributed by atoms with van der Waals surface area (Å²) in [5, 5.41) is 0. The maximum absolute atomic E-state index is 11.9. The van der Waals surface area contributed by atoms with Crippen molar-refractivity contribution in [2.75, 3.05) is 18.6 Å². The fourth-order valence-corrected chi connectivity index (χ4v) is 3.71. The van der Waals surface area contributed by atoms with Crippen molar-refractivity contribution in [2.24, 2.45) is 5.92 Å². The molecule has 3 rings (SSSR count). The van der Waals surface area contributed by atoms with E-state index < -0.39 is 9.84 Å². The van der Waals surface area contributed by atoms with E-state index in [1.807, 2.05) is 10.6 Å². The average Bonchev–Trinajstić information content (AvgIpc) is 2.93. The summed E-state index contributed by atoms with van der Waals surface area (Å²) in [7, 11) is -3.33. The van der Waals surface area contributed by atoms with Crippen LogP contribution in [-0.4, -0.2) is 36.9 Å². The highest BCUT2D eigenvalue weighted by atomic mass is 32.2. The van der Waals surface area contributed by atoms with Crippen LogP contribution >= 0.6 is 0 Å². The third-order valence-corrected chi connectivity index (χ3v) is 5.25. The molecular weight excluding hydrogens is 290 g/mol. The Kier molecular flexibility index (Phi) is 3.41. The molecule has 0 saturated carbocycles. The van der Waals surface area contributed by atoms with Crippen molar-refractivity contribution < 1.29 is 13.2 Å². The van der Waals surface area contributed by atoms with E-state index in [-0.39, 0.29) is 11.0 Å². The van der Waals surface area contributed by atoms with Crippen molar-refractivity contribution in [2.45, 2.75) is 30.9 Å². The lowest BCUT2D eigenvalue weighted by atomic mass is 10.0. The van der Waals surface area contributed by atoms with E-state index in [4.69, 9.17) is 10.5 Å². The molecular formula is C14H19N3O3S. The van der Waals surface area contributed by atoms with Crippen LogP contribution in [0.25, 0.3) is 11.0 Å². The molecule has 7 heteroatoms. The number of fused-ring (bicyclic) bond motifs is 1. The van der Waals surface area contributed by atoms with Crippen LogP contribution in [0.3, 0.4) is 0 Å². The highest BCUT2D eigenvalue weighted by Gasteiger charge is 2.26. The van der Waals surface area contributed by atoms with Gasteiger partial charge in [-0.1, -0.05) is 6.07 Å². The summed E-state index contributed by atoms with van der Waals surface area (Å²) in [6, 6.07) is 5.15. The SMILES string of the molecule is CC1OCCC1Cn1c(N)nc2c(S(C)(=O)=O)cccc21. The number of aromatic nitrogens is 2. The molecule has 1 aromatic heterocycles. The Morgan fingerprint density at radius 1 is 1.48 bits per heavy atom. The van der Waals surface area contributed by atoms with E-state index in [1.165, 1.54) is 6.26 Å². The van der Waals surface area contributed by atoms with Gasteiger partial charge in [-0.25, -0.2) is 13.4 Å². The summed E-state index contributed by atoms with van der Waals surface area (Å²) in [4.78, 5) is 4.49. The van der Waals surface area contributed by atoms with Crippen molar-refractivity contribution in [3.8, 4) is 0 Å². The zero-order chi connectivity index (χ0) is 15.2. The normalized spacial score (nSPS) is 23.0. The standard InChI is InChI=1S/C14H19N3O3S/c1-9-10(6-7-20-9)8-17-11-4-3-5-12(21(2,18)19)13(11)16-14(17)15/h3-5,9-10H,6-8H2,1-2H3,(H2,15,16). The number of ether oxygens (including phenoxy) is 1. The van der Waals surface area contributed by atoms with Gasteiger partial charge in [0.15, 0.2) is 9.84 Å². The molecule has 1 aliphatic heterocycles. The molecule has 0 amide bonds. The van der Waals surface area contributed by atoms with Crippen LogP contribution in [0.15, 0.2) is 23.1 Å². The quantitative estimate of drug-likeness (QED) is 0.927. The largest absolute Gasteiger partial charge is 0.378 e. The van der Waals surface area contributed by atoms with Crippen LogP contribution in [0.5, 0.6) is 0 Å². The van der Waals surface area contributed by atoms with Crippen LogP contribution in [0.1, 0.15) is 13.3 Å². The van der Waals surface area contributed by atoms with Crippen LogP contribution in [0, 0.1) is 5.92 Å². The summed E-state index contributed by atoms with van der Waals surface area (Å²) in [6.07, 6.45) is 2.34. The lowest BCUT2D eigenvalue weighted by Gasteiger charge is -2.16. The monoisotopic (exact) mass is 309 g/mol. The van der Waals surface area contributed by atoms with Gasteiger partial charge >= 0.3 is 0 Å². The molecule has 1 aliphatic rings. The predicted octanol–water partition coefficient (Wildman–Crippen LogP) is 1.45. The van der Waals surface area contributed by atoms with Gasteiger partial charge in [0, 0.05) is 25.3 Å². The van der Waals surface area contributed by atoms with E-state index in [1.54, 1.807) is 12.1 Å². The second-order valence-corrected chi connectivity index (χ2v) is 7.59.